The Balaban J connectivity index is 1.20. The van der Waals surface area contributed by atoms with Crippen LogP contribution < -0.4 is 24.8 Å². The molecule has 2 N–H and O–H groups in total. The number of amides is 1. The fraction of sp³-hybridized carbons (Fsp3) is 0.231. The van der Waals surface area contributed by atoms with Gasteiger partial charge in [-0.2, -0.15) is 4.37 Å². The zero-order valence-electron chi connectivity index (χ0n) is 19.2. The first kappa shape index (κ1) is 23.4. The zero-order chi connectivity index (χ0) is 23.8. The van der Waals surface area contributed by atoms with Gasteiger partial charge in [-0.3, -0.25) is 4.79 Å². The Morgan fingerprint density at radius 1 is 0.941 bits per heavy atom. The van der Waals surface area contributed by atoms with Crippen molar-refractivity contribution in [2.45, 2.75) is 13.0 Å². The van der Waals surface area contributed by atoms with Crippen molar-refractivity contribution in [3.63, 3.8) is 0 Å². The summed E-state index contributed by atoms with van der Waals surface area (Å²) in [5, 5.41) is 7.43. The van der Waals surface area contributed by atoms with Gasteiger partial charge in [0.05, 0.1) is 18.9 Å². The molecule has 4 aromatic rings. The van der Waals surface area contributed by atoms with Crippen molar-refractivity contribution < 1.29 is 19.0 Å². The number of rotatable bonds is 11. The molecule has 0 aliphatic heterocycles. The molecule has 0 aliphatic carbocycles. The van der Waals surface area contributed by atoms with E-state index in [1.165, 1.54) is 11.5 Å². The average Bonchev–Trinajstić information content (AvgIpc) is 3.30. The number of carbonyl (C=O) groups is 1. The van der Waals surface area contributed by atoms with Gasteiger partial charge in [0.15, 0.2) is 11.5 Å². The second-order valence-electron chi connectivity index (χ2n) is 7.57. The Morgan fingerprint density at radius 3 is 2.53 bits per heavy atom. The molecule has 8 heteroatoms. The van der Waals surface area contributed by atoms with Crippen LogP contribution in [0.1, 0.15) is 22.3 Å². The quantitative estimate of drug-likeness (QED) is 0.292. The third kappa shape index (κ3) is 5.77. The topological polar surface area (TPSA) is 81.7 Å². The molecule has 0 saturated heterocycles. The monoisotopic (exact) mass is 477 g/mol. The molecule has 0 aliphatic rings. The van der Waals surface area contributed by atoms with Crippen molar-refractivity contribution in [3.05, 3.63) is 77.9 Å². The Labute approximate surface area is 202 Å². The van der Waals surface area contributed by atoms with Gasteiger partial charge >= 0.3 is 0 Å². The first-order chi connectivity index (χ1) is 16.7. The molecule has 34 heavy (non-hydrogen) atoms. The van der Waals surface area contributed by atoms with Crippen LogP contribution in [0.5, 0.6) is 17.2 Å². The molecule has 0 unspecified atom stereocenters. The number of ether oxygens (including phenoxy) is 3. The lowest BCUT2D eigenvalue weighted by Gasteiger charge is -2.11. The maximum atomic E-state index is 12.4. The number of fused-ring (bicyclic) bond motifs is 1. The number of aromatic nitrogens is 1. The second-order valence-corrected chi connectivity index (χ2v) is 8.37. The number of nitrogens with one attached hydrogen (secondary N) is 2. The van der Waals surface area contributed by atoms with E-state index in [2.05, 4.69) is 27.1 Å². The molecule has 3 aromatic carbocycles. The number of nitrogens with zero attached hydrogens (tertiary/aromatic N) is 1. The van der Waals surface area contributed by atoms with Crippen LogP contribution >= 0.6 is 11.5 Å². The normalized spacial score (nSPS) is 10.6. The highest BCUT2D eigenvalue weighted by molar-refractivity contribution is 7.13. The number of anilines is 1. The number of hydrogen-bond donors (Lipinski definition) is 2. The molecular formula is C26H27N3O4S. The van der Waals surface area contributed by atoms with Crippen molar-refractivity contribution in [3.8, 4) is 17.2 Å². The van der Waals surface area contributed by atoms with Crippen molar-refractivity contribution in [1.29, 1.82) is 0 Å². The fourth-order valence-electron chi connectivity index (χ4n) is 3.45. The Hall–Kier alpha value is -3.78. The minimum Gasteiger partial charge on any atom is -0.493 e. The zero-order valence-corrected chi connectivity index (χ0v) is 20.0. The SMILES string of the molecule is COc1ccc(COc2ccc(C(=O)NCCCNc3nsc4ccccc34)cc2)cc1OC. The first-order valence-electron chi connectivity index (χ1n) is 11.0. The molecule has 7 nitrogen and oxygen atoms in total. The van der Waals surface area contributed by atoms with E-state index in [-0.39, 0.29) is 5.91 Å². The molecule has 1 heterocycles. The van der Waals surface area contributed by atoms with Crippen molar-refractivity contribution in [1.82, 2.24) is 9.69 Å². The lowest BCUT2D eigenvalue weighted by molar-refractivity contribution is 0.0953. The van der Waals surface area contributed by atoms with Gasteiger partial charge in [-0.05, 0) is 72.0 Å². The van der Waals surface area contributed by atoms with Crippen LogP contribution in [0.15, 0.2) is 66.7 Å². The van der Waals surface area contributed by atoms with Crippen molar-refractivity contribution >= 4 is 33.3 Å². The summed E-state index contributed by atoms with van der Waals surface area (Å²) in [6, 6.07) is 20.9. The largest absolute Gasteiger partial charge is 0.493 e. The summed E-state index contributed by atoms with van der Waals surface area (Å²) in [5.41, 5.74) is 1.55. The maximum Gasteiger partial charge on any atom is 0.251 e. The Kier molecular flexibility index (Phi) is 7.83. The summed E-state index contributed by atoms with van der Waals surface area (Å²) < 4.78 is 22.0. The molecule has 0 atom stereocenters. The van der Waals surface area contributed by atoms with Crippen LogP contribution in [0.25, 0.3) is 10.1 Å². The number of methoxy groups -OCH3 is 2. The number of benzene rings is 3. The predicted molar refractivity (Wildman–Crippen MR) is 135 cm³/mol. The van der Waals surface area contributed by atoms with Gasteiger partial charge in [0, 0.05) is 24.0 Å². The molecule has 4 rings (SSSR count). The summed E-state index contributed by atoms with van der Waals surface area (Å²) >= 11 is 1.48. The minimum atomic E-state index is -0.106. The lowest BCUT2D eigenvalue weighted by Crippen LogP contribution is -2.25. The third-order valence-corrected chi connectivity index (χ3v) is 6.11. The van der Waals surface area contributed by atoms with E-state index in [1.54, 1.807) is 38.5 Å². The van der Waals surface area contributed by atoms with Gasteiger partial charge in [0.1, 0.15) is 18.2 Å². The van der Waals surface area contributed by atoms with Crippen molar-refractivity contribution in [2.24, 2.45) is 0 Å². The van der Waals surface area contributed by atoms with E-state index < -0.39 is 0 Å². The van der Waals surface area contributed by atoms with E-state index in [1.807, 2.05) is 30.3 Å². The lowest BCUT2D eigenvalue weighted by atomic mass is 10.2. The van der Waals surface area contributed by atoms with E-state index in [9.17, 15) is 4.79 Å². The highest BCUT2D eigenvalue weighted by Gasteiger charge is 2.08. The Bertz CT molecular complexity index is 1240. The maximum absolute atomic E-state index is 12.4. The highest BCUT2D eigenvalue weighted by atomic mass is 32.1. The van der Waals surface area contributed by atoms with Gasteiger partial charge in [-0.25, -0.2) is 0 Å². The number of hydrogen-bond acceptors (Lipinski definition) is 7. The molecule has 0 spiro atoms. The van der Waals surface area contributed by atoms with Crippen LogP contribution in [0.3, 0.4) is 0 Å². The fourth-order valence-corrected chi connectivity index (χ4v) is 4.21. The summed E-state index contributed by atoms with van der Waals surface area (Å²) in [6.07, 6.45) is 0.796. The molecule has 1 amide bonds. The van der Waals surface area contributed by atoms with Crippen LogP contribution in [0, 0.1) is 0 Å². The van der Waals surface area contributed by atoms with E-state index in [0.717, 1.165) is 34.4 Å². The van der Waals surface area contributed by atoms with E-state index in [4.69, 9.17) is 14.2 Å². The highest BCUT2D eigenvalue weighted by Crippen LogP contribution is 2.28. The average molecular weight is 478 g/mol. The summed E-state index contributed by atoms with van der Waals surface area (Å²) in [7, 11) is 3.21. The second kappa shape index (κ2) is 11.4. The van der Waals surface area contributed by atoms with E-state index >= 15 is 0 Å². The smallest absolute Gasteiger partial charge is 0.251 e. The van der Waals surface area contributed by atoms with Gasteiger partial charge < -0.3 is 24.8 Å². The first-order valence-corrected chi connectivity index (χ1v) is 11.8. The summed E-state index contributed by atoms with van der Waals surface area (Å²) in [5.74, 6) is 2.81. The molecule has 0 saturated carbocycles. The van der Waals surface area contributed by atoms with Gasteiger partial charge in [-0.1, -0.05) is 18.2 Å². The number of carbonyl (C=O) groups excluding carboxylic acids is 1. The predicted octanol–water partition coefficient (Wildman–Crippen LogP) is 5.12. The van der Waals surface area contributed by atoms with Crippen LogP contribution in [-0.2, 0) is 6.61 Å². The molecular weight excluding hydrogens is 450 g/mol. The van der Waals surface area contributed by atoms with Crippen LogP contribution in [-0.4, -0.2) is 37.6 Å². The van der Waals surface area contributed by atoms with Crippen molar-refractivity contribution in [2.75, 3.05) is 32.6 Å². The molecule has 0 radical (unpaired) electrons. The van der Waals surface area contributed by atoms with E-state index in [0.29, 0.717) is 36.0 Å². The standard InChI is InChI=1S/C26H27N3O4S/c1-31-22-13-8-18(16-23(22)32-2)17-33-20-11-9-19(10-12-20)26(30)28-15-5-14-27-25-21-6-3-4-7-24(21)34-29-25/h3-4,6-13,16H,5,14-15,17H2,1-2H3,(H,27,29)(H,28,30). The van der Waals surface area contributed by atoms with Gasteiger partial charge in [0.2, 0.25) is 0 Å². The van der Waals surface area contributed by atoms with Gasteiger partial charge in [-0.15, -0.1) is 0 Å². The summed E-state index contributed by atoms with van der Waals surface area (Å²) in [4.78, 5) is 12.4. The van der Waals surface area contributed by atoms with Crippen LogP contribution in [0.2, 0.25) is 0 Å². The van der Waals surface area contributed by atoms with Crippen LogP contribution in [0.4, 0.5) is 5.82 Å². The molecule has 176 valence electrons. The van der Waals surface area contributed by atoms with Gasteiger partial charge in [0.25, 0.3) is 5.91 Å². The third-order valence-electron chi connectivity index (χ3n) is 5.28. The Morgan fingerprint density at radius 2 is 1.74 bits per heavy atom. The minimum absolute atomic E-state index is 0.106. The summed E-state index contributed by atoms with van der Waals surface area (Å²) in [6.45, 7) is 1.69. The molecule has 1 aromatic heterocycles. The molecule has 0 fully saturated rings. The molecule has 0 bridgehead atoms.